The van der Waals surface area contributed by atoms with E-state index in [0.29, 0.717) is 29.7 Å². The molecule has 0 saturated carbocycles. The Kier molecular flexibility index (Phi) is 4.31. The maximum absolute atomic E-state index is 13.0. The summed E-state index contributed by atoms with van der Waals surface area (Å²) in [4.78, 5) is 13.0. The van der Waals surface area contributed by atoms with Crippen molar-refractivity contribution in [2.75, 3.05) is 0 Å². The summed E-state index contributed by atoms with van der Waals surface area (Å²) in [5, 5.41) is 9.70. The van der Waals surface area contributed by atoms with Crippen LogP contribution in [-0.2, 0) is 9.53 Å². The van der Waals surface area contributed by atoms with Gasteiger partial charge in [-0.25, -0.2) is 0 Å². The molecule has 0 amide bonds. The summed E-state index contributed by atoms with van der Waals surface area (Å²) in [5.74, 6) is 0.268. The van der Waals surface area contributed by atoms with Crippen molar-refractivity contribution in [2.45, 2.75) is 32.6 Å². The Bertz CT molecular complexity index is 1040. The molecule has 1 heterocycles. The van der Waals surface area contributed by atoms with Gasteiger partial charge in [-0.2, -0.15) is 5.26 Å². The van der Waals surface area contributed by atoms with E-state index in [0.717, 1.165) is 16.7 Å². The van der Waals surface area contributed by atoms with Crippen molar-refractivity contribution in [3.8, 4) is 17.2 Å². The molecule has 140 valence electrons. The molecule has 1 atom stereocenters. The quantitative estimate of drug-likeness (QED) is 0.823. The average molecular weight is 370 g/mol. The first-order valence-electron chi connectivity index (χ1n) is 9.39. The van der Waals surface area contributed by atoms with E-state index in [9.17, 15) is 10.1 Å². The number of nitrogens with two attached hydrogens (primary N) is 1. The molecule has 2 aliphatic rings. The summed E-state index contributed by atoms with van der Waals surface area (Å²) in [6.45, 7) is 4.09. The number of nitriles is 1. The second-order valence-electron chi connectivity index (χ2n) is 8.19. The highest BCUT2D eigenvalue weighted by Crippen LogP contribution is 2.47. The Morgan fingerprint density at radius 1 is 1.04 bits per heavy atom. The molecule has 0 spiro atoms. The lowest BCUT2D eigenvalue weighted by Gasteiger charge is -2.37. The van der Waals surface area contributed by atoms with E-state index < -0.39 is 5.92 Å². The lowest BCUT2D eigenvalue weighted by molar-refractivity contribution is -0.119. The molecule has 0 fully saturated rings. The third-order valence-electron chi connectivity index (χ3n) is 5.43. The normalized spacial score (nSPS) is 21.0. The molecule has 0 radical (unpaired) electrons. The lowest BCUT2D eigenvalue weighted by atomic mass is 9.70. The highest BCUT2D eigenvalue weighted by molar-refractivity contribution is 6.00. The van der Waals surface area contributed by atoms with Crippen LogP contribution >= 0.6 is 0 Å². The van der Waals surface area contributed by atoms with E-state index in [1.54, 1.807) is 0 Å². The highest BCUT2D eigenvalue weighted by atomic mass is 16.5. The third-order valence-corrected chi connectivity index (χ3v) is 5.43. The van der Waals surface area contributed by atoms with Crippen LogP contribution in [0, 0.1) is 16.7 Å². The molecule has 4 heteroatoms. The number of ketones is 1. The largest absolute Gasteiger partial charge is 0.444 e. The Balaban J connectivity index is 1.79. The SMILES string of the molecule is CC1(C)CC(=O)C2=C(C1)OC(N)=C(C#N)C2c1ccc(-c2ccccc2)cc1. The summed E-state index contributed by atoms with van der Waals surface area (Å²) in [7, 11) is 0. The van der Waals surface area contributed by atoms with E-state index in [4.69, 9.17) is 10.5 Å². The van der Waals surface area contributed by atoms with Crippen molar-refractivity contribution >= 4 is 5.78 Å². The zero-order chi connectivity index (χ0) is 19.9. The van der Waals surface area contributed by atoms with Crippen LogP contribution in [0.4, 0.5) is 0 Å². The number of carbonyl (C=O) groups excluding carboxylic acids is 1. The summed E-state index contributed by atoms with van der Waals surface area (Å²) in [6.07, 6.45) is 1.07. The predicted molar refractivity (Wildman–Crippen MR) is 108 cm³/mol. The van der Waals surface area contributed by atoms with Gasteiger partial charge in [-0.05, 0) is 22.1 Å². The number of Topliss-reactive ketones (excluding diaryl/α,β-unsaturated/α-hetero) is 1. The van der Waals surface area contributed by atoms with Crippen molar-refractivity contribution < 1.29 is 9.53 Å². The molecule has 0 bridgehead atoms. The summed E-state index contributed by atoms with van der Waals surface area (Å²) in [6, 6.07) is 20.2. The van der Waals surface area contributed by atoms with Crippen LogP contribution < -0.4 is 5.73 Å². The van der Waals surface area contributed by atoms with Crippen LogP contribution in [0.15, 0.2) is 77.4 Å². The van der Waals surface area contributed by atoms with Crippen LogP contribution in [0.5, 0.6) is 0 Å². The van der Waals surface area contributed by atoms with Gasteiger partial charge in [-0.15, -0.1) is 0 Å². The second kappa shape index (κ2) is 6.69. The topological polar surface area (TPSA) is 76.1 Å². The Morgan fingerprint density at radius 2 is 1.68 bits per heavy atom. The Hall–Kier alpha value is -3.32. The number of hydrogen-bond acceptors (Lipinski definition) is 4. The molecule has 28 heavy (non-hydrogen) atoms. The maximum atomic E-state index is 13.0. The fraction of sp³-hybridized carbons (Fsp3) is 0.250. The van der Waals surface area contributed by atoms with Crippen molar-refractivity contribution in [2.24, 2.45) is 11.1 Å². The van der Waals surface area contributed by atoms with Gasteiger partial charge in [0, 0.05) is 18.4 Å². The highest BCUT2D eigenvalue weighted by Gasteiger charge is 2.42. The first-order valence-corrected chi connectivity index (χ1v) is 9.39. The van der Waals surface area contributed by atoms with Gasteiger partial charge in [0.2, 0.25) is 5.88 Å². The minimum Gasteiger partial charge on any atom is -0.444 e. The van der Waals surface area contributed by atoms with Crippen LogP contribution in [0.25, 0.3) is 11.1 Å². The second-order valence-corrected chi connectivity index (χ2v) is 8.19. The van der Waals surface area contributed by atoms with Crippen molar-refractivity contribution in [1.82, 2.24) is 0 Å². The van der Waals surface area contributed by atoms with Gasteiger partial charge >= 0.3 is 0 Å². The molecule has 1 unspecified atom stereocenters. The van der Waals surface area contributed by atoms with Crippen LogP contribution in [0.2, 0.25) is 0 Å². The Morgan fingerprint density at radius 3 is 2.32 bits per heavy atom. The minimum absolute atomic E-state index is 0.0311. The van der Waals surface area contributed by atoms with Crippen molar-refractivity contribution in [3.05, 3.63) is 82.9 Å². The fourth-order valence-corrected chi connectivity index (χ4v) is 4.12. The standard InChI is InChI=1S/C24H22N2O2/c1-24(2)12-19(27)22-20(13-24)28-23(26)18(14-25)21(22)17-10-8-16(9-11-17)15-6-4-3-5-7-15/h3-11,21H,12-13,26H2,1-2H3. The van der Waals surface area contributed by atoms with Gasteiger partial charge in [-0.1, -0.05) is 68.4 Å². The van der Waals surface area contributed by atoms with Crippen molar-refractivity contribution in [3.63, 3.8) is 0 Å². The van der Waals surface area contributed by atoms with E-state index >= 15 is 0 Å². The van der Waals surface area contributed by atoms with Crippen LogP contribution in [-0.4, -0.2) is 5.78 Å². The lowest BCUT2D eigenvalue weighted by Crippen LogP contribution is -2.33. The molecule has 2 aromatic rings. The van der Waals surface area contributed by atoms with E-state index in [-0.39, 0.29) is 17.1 Å². The molecule has 1 aliphatic carbocycles. The van der Waals surface area contributed by atoms with E-state index in [2.05, 4.69) is 18.2 Å². The molecule has 2 N–H and O–H groups in total. The van der Waals surface area contributed by atoms with Gasteiger partial charge in [0.1, 0.15) is 17.4 Å². The molecule has 4 nitrogen and oxygen atoms in total. The molecular formula is C24H22N2O2. The zero-order valence-electron chi connectivity index (χ0n) is 16.0. The number of rotatable bonds is 2. The zero-order valence-corrected chi connectivity index (χ0v) is 16.0. The fourth-order valence-electron chi connectivity index (χ4n) is 4.12. The number of carbonyl (C=O) groups is 1. The molecule has 1 aliphatic heterocycles. The third kappa shape index (κ3) is 3.10. The van der Waals surface area contributed by atoms with Gasteiger partial charge < -0.3 is 10.5 Å². The monoisotopic (exact) mass is 370 g/mol. The number of allylic oxidation sites excluding steroid dienone is 3. The van der Waals surface area contributed by atoms with Gasteiger partial charge in [0.05, 0.1) is 5.92 Å². The average Bonchev–Trinajstić information content (AvgIpc) is 2.67. The van der Waals surface area contributed by atoms with E-state index in [1.807, 2.05) is 56.3 Å². The molecule has 0 aromatic heterocycles. The number of ether oxygens (including phenoxy) is 1. The molecule has 2 aromatic carbocycles. The predicted octanol–water partition coefficient (Wildman–Crippen LogP) is 4.80. The first-order chi connectivity index (χ1) is 13.4. The van der Waals surface area contributed by atoms with Gasteiger partial charge in [0.15, 0.2) is 5.78 Å². The number of nitrogens with zero attached hydrogens (tertiary/aromatic N) is 1. The molecular weight excluding hydrogens is 348 g/mol. The number of benzene rings is 2. The minimum atomic E-state index is -0.470. The van der Waals surface area contributed by atoms with E-state index in [1.165, 1.54) is 0 Å². The van der Waals surface area contributed by atoms with Gasteiger partial charge in [-0.3, -0.25) is 4.79 Å². The van der Waals surface area contributed by atoms with Crippen LogP contribution in [0.1, 0.15) is 38.2 Å². The first kappa shape index (κ1) is 18.1. The smallest absolute Gasteiger partial charge is 0.205 e. The summed E-state index contributed by atoms with van der Waals surface area (Å²) >= 11 is 0. The number of hydrogen-bond donors (Lipinski definition) is 1. The maximum Gasteiger partial charge on any atom is 0.205 e. The molecule has 4 rings (SSSR count). The summed E-state index contributed by atoms with van der Waals surface area (Å²) in [5.41, 5.74) is 9.85. The van der Waals surface area contributed by atoms with Gasteiger partial charge in [0.25, 0.3) is 0 Å². The molecule has 0 saturated heterocycles. The Labute approximate surface area is 164 Å². The summed E-state index contributed by atoms with van der Waals surface area (Å²) < 4.78 is 5.74. The van der Waals surface area contributed by atoms with Crippen molar-refractivity contribution in [1.29, 1.82) is 5.26 Å². The van der Waals surface area contributed by atoms with Crippen LogP contribution in [0.3, 0.4) is 0 Å².